The van der Waals surface area contributed by atoms with Crippen LogP contribution in [0.15, 0.2) is 0 Å². The number of likely N-dealkylation sites (N-methyl/N-ethyl adjacent to an activating group) is 2. The fourth-order valence-electron chi connectivity index (χ4n) is 2.56. The van der Waals surface area contributed by atoms with Crippen molar-refractivity contribution in [3.63, 3.8) is 0 Å². The minimum absolute atomic E-state index is 0.509. The molecule has 0 spiro atoms. The van der Waals surface area contributed by atoms with Crippen LogP contribution >= 0.6 is 0 Å². The van der Waals surface area contributed by atoms with Crippen LogP contribution in [0.5, 0.6) is 0 Å². The average molecular weight is 199 g/mol. The maximum Gasteiger partial charge on any atom is 0.119 e. The zero-order valence-corrected chi connectivity index (χ0v) is 10.3. The Morgan fingerprint density at radius 2 is 1.71 bits per heavy atom. The van der Waals surface area contributed by atoms with E-state index in [-0.39, 0.29) is 0 Å². The van der Waals surface area contributed by atoms with Crippen molar-refractivity contribution in [3.05, 3.63) is 0 Å². The molecule has 1 aliphatic heterocycles. The van der Waals surface area contributed by atoms with Gasteiger partial charge in [0.25, 0.3) is 0 Å². The molecule has 3 heteroatoms. The Balaban J connectivity index is 2.67. The van der Waals surface area contributed by atoms with E-state index in [1.165, 1.54) is 13.0 Å². The summed E-state index contributed by atoms with van der Waals surface area (Å²) in [4.78, 5) is 7.48. The van der Waals surface area contributed by atoms with E-state index in [1.807, 2.05) is 0 Å². The maximum absolute atomic E-state index is 2.51. The quantitative estimate of drug-likeness (QED) is 0.675. The van der Waals surface area contributed by atoms with E-state index in [9.17, 15) is 0 Å². The Morgan fingerprint density at radius 1 is 1.14 bits per heavy atom. The second-order valence-electron chi connectivity index (χ2n) is 4.23. The van der Waals surface area contributed by atoms with Crippen molar-refractivity contribution in [2.75, 3.05) is 33.7 Å². The molecule has 0 saturated carbocycles. The Bertz CT molecular complexity index is 168. The van der Waals surface area contributed by atoms with Gasteiger partial charge in [-0.25, -0.2) is 0 Å². The lowest BCUT2D eigenvalue weighted by Crippen LogP contribution is -2.50. The summed E-state index contributed by atoms with van der Waals surface area (Å²) in [5.41, 5.74) is 0. The number of hydrogen-bond donors (Lipinski definition) is 0. The van der Waals surface area contributed by atoms with Gasteiger partial charge in [-0.3, -0.25) is 14.7 Å². The van der Waals surface area contributed by atoms with Crippen LogP contribution in [-0.2, 0) is 0 Å². The lowest BCUT2D eigenvalue weighted by molar-refractivity contribution is 0.00852. The standard InChI is InChI=1S/C11H25N3/c1-6-10-9-12(4)11(13(10)5)14(7-2)8-3/h10-11H,6-9H2,1-5H3. The summed E-state index contributed by atoms with van der Waals surface area (Å²) >= 11 is 0. The van der Waals surface area contributed by atoms with Gasteiger partial charge >= 0.3 is 0 Å². The summed E-state index contributed by atoms with van der Waals surface area (Å²) in [6.45, 7) is 10.2. The predicted octanol–water partition coefficient (Wildman–Crippen LogP) is 1.27. The van der Waals surface area contributed by atoms with Gasteiger partial charge in [0.15, 0.2) is 0 Å². The molecule has 0 N–H and O–H groups in total. The molecule has 1 rings (SSSR count). The van der Waals surface area contributed by atoms with Gasteiger partial charge in [0.1, 0.15) is 6.29 Å². The topological polar surface area (TPSA) is 9.72 Å². The molecule has 2 unspecified atom stereocenters. The van der Waals surface area contributed by atoms with Gasteiger partial charge in [-0.05, 0) is 33.6 Å². The molecule has 2 atom stereocenters. The highest BCUT2D eigenvalue weighted by Gasteiger charge is 2.36. The van der Waals surface area contributed by atoms with E-state index in [0.717, 1.165) is 19.1 Å². The van der Waals surface area contributed by atoms with E-state index in [0.29, 0.717) is 6.29 Å². The largest absolute Gasteiger partial charge is 0.277 e. The molecule has 0 aromatic rings. The Kier molecular flexibility index (Phi) is 4.35. The molecule has 1 aliphatic rings. The van der Waals surface area contributed by atoms with Crippen LogP contribution in [0.1, 0.15) is 27.2 Å². The molecule has 84 valence electrons. The molecule has 0 radical (unpaired) electrons. The van der Waals surface area contributed by atoms with Crippen LogP contribution in [0.3, 0.4) is 0 Å². The van der Waals surface area contributed by atoms with E-state index in [1.54, 1.807) is 0 Å². The van der Waals surface area contributed by atoms with Gasteiger partial charge < -0.3 is 0 Å². The Hall–Kier alpha value is -0.120. The number of nitrogens with zero attached hydrogens (tertiary/aromatic N) is 3. The monoisotopic (exact) mass is 199 g/mol. The molecule has 0 aromatic heterocycles. The van der Waals surface area contributed by atoms with Crippen molar-refractivity contribution >= 4 is 0 Å². The molecule has 0 aromatic carbocycles. The summed E-state index contributed by atoms with van der Waals surface area (Å²) in [6, 6.07) is 0.727. The van der Waals surface area contributed by atoms with Crippen molar-refractivity contribution in [2.24, 2.45) is 0 Å². The minimum Gasteiger partial charge on any atom is -0.277 e. The van der Waals surface area contributed by atoms with Crippen molar-refractivity contribution in [1.82, 2.24) is 14.7 Å². The zero-order valence-electron chi connectivity index (χ0n) is 10.3. The molecule has 0 bridgehead atoms. The molecular weight excluding hydrogens is 174 g/mol. The van der Waals surface area contributed by atoms with Crippen molar-refractivity contribution in [2.45, 2.75) is 39.5 Å². The number of rotatable bonds is 4. The predicted molar refractivity (Wildman–Crippen MR) is 61.2 cm³/mol. The van der Waals surface area contributed by atoms with Gasteiger partial charge in [-0.2, -0.15) is 0 Å². The van der Waals surface area contributed by atoms with E-state index < -0.39 is 0 Å². The summed E-state index contributed by atoms with van der Waals surface area (Å²) < 4.78 is 0. The van der Waals surface area contributed by atoms with Crippen molar-refractivity contribution in [3.8, 4) is 0 Å². The highest BCUT2D eigenvalue weighted by atomic mass is 15.5. The molecule has 14 heavy (non-hydrogen) atoms. The zero-order chi connectivity index (χ0) is 10.7. The molecule has 3 nitrogen and oxygen atoms in total. The molecule has 1 saturated heterocycles. The lowest BCUT2D eigenvalue weighted by atomic mass is 10.2. The van der Waals surface area contributed by atoms with Gasteiger partial charge in [0, 0.05) is 12.6 Å². The van der Waals surface area contributed by atoms with Crippen molar-refractivity contribution < 1.29 is 0 Å². The normalized spacial score (nSPS) is 30.4. The highest BCUT2D eigenvalue weighted by Crippen LogP contribution is 2.21. The van der Waals surface area contributed by atoms with Crippen LogP contribution in [0.25, 0.3) is 0 Å². The first-order valence-corrected chi connectivity index (χ1v) is 5.81. The second kappa shape index (κ2) is 5.10. The van der Waals surface area contributed by atoms with E-state index in [4.69, 9.17) is 0 Å². The Labute approximate surface area is 88.7 Å². The summed E-state index contributed by atoms with van der Waals surface area (Å²) in [7, 11) is 4.48. The first kappa shape index (κ1) is 12.0. The summed E-state index contributed by atoms with van der Waals surface area (Å²) in [5.74, 6) is 0. The molecule has 1 fully saturated rings. The second-order valence-corrected chi connectivity index (χ2v) is 4.23. The summed E-state index contributed by atoms with van der Waals surface area (Å²) in [6.07, 6.45) is 1.76. The van der Waals surface area contributed by atoms with Gasteiger partial charge in [0.05, 0.1) is 0 Å². The smallest absolute Gasteiger partial charge is 0.119 e. The lowest BCUT2D eigenvalue weighted by Gasteiger charge is -2.36. The molecule has 1 heterocycles. The van der Waals surface area contributed by atoms with Crippen LogP contribution < -0.4 is 0 Å². The van der Waals surface area contributed by atoms with Crippen LogP contribution in [0.4, 0.5) is 0 Å². The molecule has 0 aliphatic carbocycles. The van der Waals surface area contributed by atoms with E-state index in [2.05, 4.69) is 49.6 Å². The molecular formula is C11H25N3. The van der Waals surface area contributed by atoms with Crippen LogP contribution in [-0.4, -0.2) is 60.8 Å². The third kappa shape index (κ3) is 2.10. The third-order valence-corrected chi connectivity index (χ3v) is 3.44. The third-order valence-electron chi connectivity index (χ3n) is 3.44. The van der Waals surface area contributed by atoms with Crippen LogP contribution in [0.2, 0.25) is 0 Å². The fourth-order valence-corrected chi connectivity index (χ4v) is 2.56. The first-order chi connectivity index (χ1) is 6.65. The Morgan fingerprint density at radius 3 is 2.07 bits per heavy atom. The van der Waals surface area contributed by atoms with E-state index >= 15 is 0 Å². The summed E-state index contributed by atoms with van der Waals surface area (Å²) in [5, 5.41) is 0. The minimum atomic E-state index is 0.509. The van der Waals surface area contributed by atoms with Crippen LogP contribution in [0, 0.1) is 0 Å². The number of hydrogen-bond acceptors (Lipinski definition) is 3. The first-order valence-electron chi connectivity index (χ1n) is 5.81. The van der Waals surface area contributed by atoms with Gasteiger partial charge in [0.2, 0.25) is 0 Å². The molecule has 0 amide bonds. The van der Waals surface area contributed by atoms with Crippen molar-refractivity contribution in [1.29, 1.82) is 0 Å². The highest BCUT2D eigenvalue weighted by molar-refractivity contribution is 4.85. The van der Waals surface area contributed by atoms with Gasteiger partial charge in [-0.1, -0.05) is 20.8 Å². The SMILES string of the molecule is CCC1CN(C)C(N(CC)CC)N1C. The average Bonchev–Trinajstić information content (AvgIpc) is 2.46. The fraction of sp³-hybridized carbons (Fsp3) is 1.00. The van der Waals surface area contributed by atoms with Gasteiger partial charge in [-0.15, -0.1) is 0 Å². The maximum atomic E-state index is 2.51.